The second kappa shape index (κ2) is 5.64. The number of nitrogens with zero attached hydrogens (tertiary/aromatic N) is 2. The second-order valence-electron chi connectivity index (χ2n) is 4.69. The minimum absolute atomic E-state index is 0.216. The average molecular weight is 319 g/mol. The fourth-order valence-electron chi connectivity index (χ4n) is 2.16. The number of sulfonamides is 1. The normalized spacial score (nSPS) is 22.7. The number of nitro benzene ring substituents is 1. The number of rotatable bonds is 4. The number of aliphatic hydroxyl groups is 1. The number of β-amino-alcohol motifs (C(OH)–C–C–N with tert-alkyl or cyclic N) is 1. The van der Waals surface area contributed by atoms with Gasteiger partial charge in [0, 0.05) is 32.3 Å². The van der Waals surface area contributed by atoms with Crippen LogP contribution in [-0.4, -0.2) is 55.0 Å². The highest BCUT2D eigenvalue weighted by molar-refractivity contribution is 7.89. The lowest BCUT2D eigenvalue weighted by Gasteiger charge is -2.25. The molecule has 116 valence electrons. The molecule has 10 heteroatoms. The smallest absolute Gasteiger partial charge is 0.270 e. The van der Waals surface area contributed by atoms with E-state index in [1.807, 2.05) is 0 Å². The van der Waals surface area contributed by atoms with Gasteiger partial charge >= 0.3 is 0 Å². The van der Waals surface area contributed by atoms with Gasteiger partial charge in [-0.25, -0.2) is 12.8 Å². The summed E-state index contributed by atoms with van der Waals surface area (Å²) in [7, 11) is -3.09. The maximum absolute atomic E-state index is 13.8. The zero-order valence-corrected chi connectivity index (χ0v) is 11.9. The fraction of sp³-hybridized carbons (Fsp3) is 0.455. The summed E-state index contributed by atoms with van der Waals surface area (Å²) in [5, 5.41) is 23.2. The van der Waals surface area contributed by atoms with Crippen molar-refractivity contribution < 1.29 is 22.8 Å². The van der Waals surface area contributed by atoms with Gasteiger partial charge in [0.05, 0.1) is 17.1 Å². The van der Waals surface area contributed by atoms with Gasteiger partial charge < -0.3 is 10.4 Å². The van der Waals surface area contributed by atoms with Crippen molar-refractivity contribution in [3.05, 3.63) is 34.1 Å². The van der Waals surface area contributed by atoms with Crippen molar-refractivity contribution in [1.29, 1.82) is 0 Å². The molecule has 0 amide bonds. The van der Waals surface area contributed by atoms with E-state index in [0.29, 0.717) is 6.07 Å². The molecule has 0 radical (unpaired) electrons. The number of nitrogens with one attached hydrogen (secondary N) is 1. The molecule has 21 heavy (non-hydrogen) atoms. The van der Waals surface area contributed by atoms with Crippen molar-refractivity contribution in [1.82, 2.24) is 9.62 Å². The first-order valence-electron chi connectivity index (χ1n) is 6.06. The quantitative estimate of drug-likeness (QED) is 0.581. The summed E-state index contributed by atoms with van der Waals surface area (Å²) < 4.78 is 39.4. The van der Waals surface area contributed by atoms with E-state index in [9.17, 15) is 28.0 Å². The molecule has 0 unspecified atom stereocenters. The Balaban J connectivity index is 2.43. The molecule has 0 saturated carbocycles. The molecule has 1 heterocycles. The Bertz CT molecular complexity index is 666. The monoisotopic (exact) mass is 319 g/mol. The van der Waals surface area contributed by atoms with Crippen molar-refractivity contribution in [2.24, 2.45) is 0 Å². The van der Waals surface area contributed by atoms with Gasteiger partial charge in [-0.15, -0.1) is 0 Å². The zero-order chi connectivity index (χ0) is 15.8. The van der Waals surface area contributed by atoms with Crippen LogP contribution < -0.4 is 5.32 Å². The molecule has 8 nitrogen and oxygen atoms in total. The number of non-ortho nitro benzene ring substituents is 1. The van der Waals surface area contributed by atoms with E-state index in [1.54, 1.807) is 0 Å². The van der Waals surface area contributed by atoms with Crippen LogP contribution in [0.15, 0.2) is 23.1 Å². The number of benzene rings is 1. The Morgan fingerprint density at radius 3 is 2.67 bits per heavy atom. The number of halogens is 1. The van der Waals surface area contributed by atoms with Crippen LogP contribution in [0.2, 0.25) is 0 Å². The predicted molar refractivity (Wildman–Crippen MR) is 70.7 cm³/mol. The molecule has 2 rings (SSSR count). The van der Waals surface area contributed by atoms with Crippen LogP contribution in [0.4, 0.5) is 10.1 Å². The summed E-state index contributed by atoms with van der Waals surface area (Å²) in [5.41, 5.74) is -0.520. The highest BCUT2D eigenvalue weighted by Gasteiger charge is 2.37. The van der Waals surface area contributed by atoms with Gasteiger partial charge in [-0.05, 0) is 6.07 Å². The lowest BCUT2D eigenvalue weighted by Crippen LogP contribution is -2.44. The van der Waals surface area contributed by atoms with E-state index < -0.39 is 43.5 Å². The summed E-state index contributed by atoms with van der Waals surface area (Å²) in [4.78, 5) is 9.11. The SMILES string of the molecule is CN([C@@H]1CNC[C@H]1O)S(=O)(=O)c1cc([N+](=O)[O-])ccc1F. The molecule has 0 bridgehead atoms. The second-order valence-corrected chi connectivity index (χ2v) is 6.65. The number of nitro groups is 1. The van der Waals surface area contributed by atoms with E-state index in [-0.39, 0.29) is 13.1 Å². The summed E-state index contributed by atoms with van der Waals surface area (Å²) in [6.45, 7) is 0.440. The standard InChI is InChI=1S/C11H14FN3O5S/c1-14(9-5-13-6-10(9)16)21(19,20)11-4-7(15(17)18)2-3-8(11)12/h2-4,9-10,13,16H,5-6H2,1H3/t9-,10-/m1/s1. The van der Waals surface area contributed by atoms with E-state index >= 15 is 0 Å². The summed E-state index contributed by atoms with van der Waals surface area (Å²) >= 11 is 0. The molecule has 0 aliphatic carbocycles. The van der Waals surface area contributed by atoms with Gasteiger partial charge in [0.2, 0.25) is 10.0 Å². The third kappa shape index (κ3) is 2.88. The fourth-order valence-corrected chi connectivity index (χ4v) is 3.62. The number of hydrogen-bond donors (Lipinski definition) is 2. The Hall–Kier alpha value is -1.62. The Morgan fingerprint density at radius 1 is 1.48 bits per heavy atom. The predicted octanol–water partition coefficient (Wildman–Crippen LogP) is -0.313. The number of hydrogen-bond acceptors (Lipinski definition) is 6. The van der Waals surface area contributed by atoms with Crippen LogP contribution >= 0.6 is 0 Å². The Morgan fingerprint density at radius 2 is 2.14 bits per heavy atom. The Kier molecular flexibility index (Phi) is 4.23. The van der Waals surface area contributed by atoms with Crippen LogP contribution in [0.5, 0.6) is 0 Å². The topological polar surface area (TPSA) is 113 Å². The lowest BCUT2D eigenvalue weighted by molar-refractivity contribution is -0.385. The van der Waals surface area contributed by atoms with Crippen molar-refractivity contribution in [2.75, 3.05) is 20.1 Å². The minimum Gasteiger partial charge on any atom is -0.390 e. The van der Waals surface area contributed by atoms with E-state index in [1.165, 1.54) is 7.05 Å². The largest absolute Gasteiger partial charge is 0.390 e. The lowest BCUT2D eigenvalue weighted by atomic mass is 10.2. The van der Waals surface area contributed by atoms with Crippen LogP contribution in [-0.2, 0) is 10.0 Å². The molecular weight excluding hydrogens is 305 g/mol. The first-order chi connectivity index (χ1) is 9.75. The van der Waals surface area contributed by atoms with Gasteiger partial charge in [0.1, 0.15) is 10.7 Å². The first-order valence-corrected chi connectivity index (χ1v) is 7.50. The van der Waals surface area contributed by atoms with E-state index in [0.717, 1.165) is 16.4 Å². The van der Waals surface area contributed by atoms with Crippen LogP contribution in [0.25, 0.3) is 0 Å². The third-order valence-corrected chi connectivity index (χ3v) is 5.30. The Labute approximate surface area is 120 Å². The highest BCUT2D eigenvalue weighted by atomic mass is 32.2. The van der Waals surface area contributed by atoms with Crippen molar-refractivity contribution in [2.45, 2.75) is 17.0 Å². The van der Waals surface area contributed by atoms with Crippen molar-refractivity contribution in [3.8, 4) is 0 Å². The van der Waals surface area contributed by atoms with Crippen LogP contribution in [0.3, 0.4) is 0 Å². The molecule has 0 aromatic heterocycles. The molecule has 1 saturated heterocycles. The number of aliphatic hydroxyl groups excluding tert-OH is 1. The molecule has 1 aliphatic rings. The molecule has 2 N–H and O–H groups in total. The highest BCUT2D eigenvalue weighted by Crippen LogP contribution is 2.25. The van der Waals surface area contributed by atoms with Crippen LogP contribution in [0, 0.1) is 15.9 Å². The van der Waals surface area contributed by atoms with Crippen LogP contribution in [0.1, 0.15) is 0 Å². The van der Waals surface area contributed by atoms with Crippen molar-refractivity contribution >= 4 is 15.7 Å². The molecular formula is C11H14FN3O5S. The third-order valence-electron chi connectivity index (χ3n) is 3.40. The maximum atomic E-state index is 13.8. The molecule has 1 aromatic rings. The summed E-state index contributed by atoms with van der Waals surface area (Å²) in [6, 6.07) is 1.55. The first kappa shape index (κ1) is 15.8. The van der Waals surface area contributed by atoms with Crippen molar-refractivity contribution in [3.63, 3.8) is 0 Å². The molecule has 0 spiro atoms. The summed E-state index contributed by atoms with van der Waals surface area (Å²) in [6.07, 6.45) is -0.925. The maximum Gasteiger partial charge on any atom is 0.270 e. The average Bonchev–Trinajstić information content (AvgIpc) is 2.83. The van der Waals surface area contributed by atoms with Gasteiger partial charge in [-0.2, -0.15) is 4.31 Å². The zero-order valence-electron chi connectivity index (χ0n) is 11.1. The minimum atomic E-state index is -4.29. The molecule has 2 atom stereocenters. The van der Waals surface area contributed by atoms with E-state index in [4.69, 9.17) is 0 Å². The van der Waals surface area contributed by atoms with Gasteiger partial charge in [0.15, 0.2) is 0 Å². The molecule has 1 fully saturated rings. The van der Waals surface area contributed by atoms with Gasteiger partial charge in [-0.3, -0.25) is 10.1 Å². The molecule has 1 aliphatic heterocycles. The van der Waals surface area contributed by atoms with Gasteiger partial charge in [0.25, 0.3) is 5.69 Å². The number of likely N-dealkylation sites (N-methyl/N-ethyl adjacent to an activating group) is 1. The molecule has 1 aromatic carbocycles. The summed E-state index contributed by atoms with van der Waals surface area (Å²) in [5.74, 6) is -1.08. The van der Waals surface area contributed by atoms with Gasteiger partial charge in [-0.1, -0.05) is 0 Å². The van der Waals surface area contributed by atoms with E-state index in [2.05, 4.69) is 5.32 Å².